The lowest BCUT2D eigenvalue weighted by Gasteiger charge is -2.34. The van der Waals surface area contributed by atoms with E-state index in [0.29, 0.717) is 25.3 Å². The largest absolute Gasteiger partial charge is 0.390 e. The molecule has 0 unspecified atom stereocenters. The maximum absolute atomic E-state index is 12.4. The molecular weight excluding hydrogens is 370 g/mol. The van der Waals surface area contributed by atoms with Crippen molar-refractivity contribution in [3.8, 4) is 0 Å². The third-order valence-corrected chi connectivity index (χ3v) is 4.95. The molecule has 0 aliphatic carbocycles. The van der Waals surface area contributed by atoms with Crippen LogP contribution in [0.25, 0.3) is 0 Å². The van der Waals surface area contributed by atoms with Crippen LogP contribution >= 0.6 is 11.6 Å². The second kappa shape index (κ2) is 8.49. The molecule has 1 aliphatic heterocycles. The van der Waals surface area contributed by atoms with Crippen LogP contribution in [0.3, 0.4) is 0 Å². The predicted molar refractivity (Wildman–Crippen MR) is 102 cm³/mol. The Morgan fingerprint density at radius 3 is 2.63 bits per heavy atom. The summed E-state index contributed by atoms with van der Waals surface area (Å²) < 4.78 is 1.52. The number of hydrogen-bond donors (Lipinski definition) is 0. The van der Waals surface area contributed by atoms with Crippen LogP contribution in [-0.2, 0) is 17.9 Å². The molecule has 2 aromatic rings. The predicted octanol–water partition coefficient (Wildman–Crippen LogP) is 2.49. The summed E-state index contributed by atoms with van der Waals surface area (Å²) in [5.74, 6) is -0.135. The van der Waals surface area contributed by atoms with Crippen LogP contribution in [0, 0.1) is 17.0 Å². The molecule has 8 nitrogen and oxygen atoms in total. The smallest absolute Gasteiger partial charge is 0.358 e. The zero-order valence-electron chi connectivity index (χ0n) is 15.2. The van der Waals surface area contributed by atoms with E-state index in [0.717, 1.165) is 30.2 Å². The summed E-state index contributed by atoms with van der Waals surface area (Å²) in [6.07, 6.45) is 0.286. The molecule has 1 saturated heterocycles. The summed E-state index contributed by atoms with van der Waals surface area (Å²) in [4.78, 5) is 26.9. The molecule has 1 aliphatic rings. The highest BCUT2D eigenvalue weighted by Crippen LogP contribution is 2.15. The van der Waals surface area contributed by atoms with Crippen LogP contribution in [0.15, 0.2) is 30.3 Å². The van der Waals surface area contributed by atoms with Gasteiger partial charge in [0.25, 0.3) is 0 Å². The number of amides is 1. The van der Waals surface area contributed by atoms with Gasteiger partial charge in [-0.1, -0.05) is 23.7 Å². The number of nitrogens with zero attached hydrogens (tertiary/aromatic N) is 5. The molecule has 27 heavy (non-hydrogen) atoms. The minimum absolute atomic E-state index is 0.0509. The third-order valence-electron chi connectivity index (χ3n) is 4.71. The van der Waals surface area contributed by atoms with Crippen molar-refractivity contribution in [3.05, 3.63) is 56.7 Å². The summed E-state index contributed by atoms with van der Waals surface area (Å²) >= 11 is 6.03. The van der Waals surface area contributed by atoms with E-state index in [1.165, 1.54) is 10.7 Å². The maximum Gasteiger partial charge on any atom is 0.390 e. The molecule has 9 heteroatoms. The van der Waals surface area contributed by atoms with E-state index in [4.69, 9.17) is 11.6 Å². The highest BCUT2D eigenvalue weighted by Gasteiger charge is 2.22. The van der Waals surface area contributed by atoms with Gasteiger partial charge in [-0.2, -0.15) is 4.68 Å². The number of aromatic nitrogens is 2. The number of carbonyl (C=O) groups excluding carboxylic acids is 1. The number of piperazine rings is 1. The van der Waals surface area contributed by atoms with E-state index in [9.17, 15) is 14.9 Å². The Labute approximate surface area is 162 Å². The first kappa shape index (κ1) is 19.3. The molecule has 1 fully saturated rings. The van der Waals surface area contributed by atoms with Gasteiger partial charge >= 0.3 is 5.82 Å². The van der Waals surface area contributed by atoms with Crippen LogP contribution in [0.4, 0.5) is 5.82 Å². The van der Waals surface area contributed by atoms with E-state index in [2.05, 4.69) is 16.1 Å². The van der Waals surface area contributed by atoms with Crippen molar-refractivity contribution < 1.29 is 9.72 Å². The Morgan fingerprint density at radius 2 is 2.00 bits per heavy atom. The molecule has 0 atom stereocenters. The van der Waals surface area contributed by atoms with Gasteiger partial charge in [-0.25, -0.2) is 0 Å². The zero-order chi connectivity index (χ0) is 19.4. The number of carbonyl (C=O) groups is 1. The topological polar surface area (TPSA) is 84.5 Å². The van der Waals surface area contributed by atoms with Crippen molar-refractivity contribution in [1.29, 1.82) is 0 Å². The van der Waals surface area contributed by atoms with E-state index >= 15 is 0 Å². The highest BCUT2D eigenvalue weighted by molar-refractivity contribution is 6.30. The molecule has 1 aromatic carbocycles. The van der Waals surface area contributed by atoms with Crippen LogP contribution in [-0.4, -0.2) is 56.6 Å². The average molecular weight is 392 g/mol. The number of benzene rings is 1. The van der Waals surface area contributed by atoms with Crippen molar-refractivity contribution >= 4 is 23.3 Å². The number of aryl methyl sites for hydroxylation is 2. The minimum Gasteiger partial charge on any atom is -0.358 e. The maximum atomic E-state index is 12.4. The molecule has 0 spiro atoms. The molecule has 1 aromatic heterocycles. The fraction of sp³-hybridized carbons (Fsp3) is 0.444. The van der Waals surface area contributed by atoms with Crippen molar-refractivity contribution in [2.24, 2.45) is 0 Å². The lowest BCUT2D eigenvalue weighted by Crippen LogP contribution is -2.48. The molecule has 0 N–H and O–H groups in total. The van der Waals surface area contributed by atoms with Crippen LogP contribution < -0.4 is 0 Å². The lowest BCUT2D eigenvalue weighted by molar-refractivity contribution is -0.389. The Hall–Kier alpha value is -2.45. The molecule has 0 radical (unpaired) electrons. The first-order valence-corrected chi connectivity index (χ1v) is 9.23. The Balaban J connectivity index is 1.46. The van der Waals surface area contributed by atoms with Gasteiger partial charge in [0.15, 0.2) is 0 Å². The molecule has 144 valence electrons. The summed E-state index contributed by atoms with van der Waals surface area (Å²) in [5, 5.41) is 15.4. The van der Waals surface area contributed by atoms with Gasteiger partial charge in [-0.05, 0) is 29.5 Å². The summed E-state index contributed by atoms with van der Waals surface area (Å²) in [6, 6.07) is 9.23. The van der Waals surface area contributed by atoms with E-state index in [1.807, 2.05) is 23.1 Å². The molecule has 0 saturated carbocycles. The molecule has 1 amide bonds. The van der Waals surface area contributed by atoms with Crippen molar-refractivity contribution in [3.63, 3.8) is 0 Å². The number of nitro groups is 1. The lowest BCUT2D eigenvalue weighted by atomic mass is 10.2. The third kappa shape index (κ3) is 5.05. The SMILES string of the molecule is Cc1cc([N+](=O)[O-])nn1CCC(=O)N1CCN(Cc2cccc(Cl)c2)CC1. The van der Waals surface area contributed by atoms with E-state index < -0.39 is 4.92 Å². The second-order valence-corrected chi connectivity index (χ2v) is 7.10. The number of rotatable bonds is 6. The monoisotopic (exact) mass is 391 g/mol. The normalized spacial score (nSPS) is 15.1. The van der Waals surface area contributed by atoms with Crippen LogP contribution in [0.2, 0.25) is 5.02 Å². The van der Waals surface area contributed by atoms with Gasteiger partial charge in [0.2, 0.25) is 5.91 Å². The van der Waals surface area contributed by atoms with Crippen LogP contribution in [0.1, 0.15) is 17.7 Å². The number of hydrogen-bond acceptors (Lipinski definition) is 5. The Bertz CT molecular complexity index is 830. The minimum atomic E-state index is -0.523. The summed E-state index contributed by atoms with van der Waals surface area (Å²) in [7, 11) is 0. The summed E-state index contributed by atoms with van der Waals surface area (Å²) in [6.45, 7) is 5.89. The zero-order valence-corrected chi connectivity index (χ0v) is 15.9. The standard InChI is InChI=1S/C18H22ClN5O3/c1-14-11-17(24(26)27)20-23(14)6-5-18(25)22-9-7-21(8-10-22)13-15-3-2-4-16(19)12-15/h2-4,11-12H,5-10,13H2,1H3. The number of halogens is 1. The van der Waals surface area contributed by atoms with E-state index in [1.54, 1.807) is 6.92 Å². The van der Waals surface area contributed by atoms with Gasteiger partial charge in [0.05, 0.1) is 23.4 Å². The first-order chi connectivity index (χ1) is 12.9. The molecular formula is C18H22ClN5O3. The second-order valence-electron chi connectivity index (χ2n) is 6.66. The van der Waals surface area contributed by atoms with Crippen molar-refractivity contribution in [2.45, 2.75) is 26.4 Å². The van der Waals surface area contributed by atoms with Gasteiger partial charge < -0.3 is 15.0 Å². The van der Waals surface area contributed by atoms with Crippen LogP contribution in [0.5, 0.6) is 0 Å². The summed E-state index contributed by atoms with van der Waals surface area (Å²) in [5.41, 5.74) is 1.85. The van der Waals surface area contributed by atoms with E-state index in [-0.39, 0.29) is 18.1 Å². The molecule has 0 bridgehead atoms. The fourth-order valence-electron chi connectivity index (χ4n) is 3.22. The Kier molecular flexibility index (Phi) is 6.08. The average Bonchev–Trinajstić information content (AvgIpc) is 3.01. The van der Waals surface area contributed by atoms with Gasteiger partial charge in [-0.15, -0.1) is 0 Å². The molecule has 3 rings (SSSR count). The van der Waals surface area contributed by atoms with Crippen molar-refractivity contribution in [1.82, 2.24) is 19.6 Å². The van der Waals surface area contributed by atoms with Gasteiger partial charge in [0.1, 0.15) is 0 Å². The highest BCUT2D eigenvalue weighted by atomic mass is 35.5. The Morgan fingerprint density at radius 1 is 1.26 bits per heavy atom. The molecule has 2 heterocycles. The van der Waals surface area contributed by atoms with Crippen molar-refractivity contribution in [2.75, 3.05) is 26.2 Å². The first-order valence-electron chi connectivity index (χ1n) is 8.86. The quantitative estimate of drug-likeness (QED) is 0.558. The van der Waals surface area contributed by atoms with Gasteiger partial charge in [-0.3, -0.25) is 9.69 Å². The fourth-order valence-corrected chi connectivity index (χ4v) is 3.43. The van der Waals surface area contributed by atoms with Gasteiger partial charge in [0, 0.05) is 44.2 Å².